The van der Waals surface area contributed by atoms with E-state index in [0.29, 0.717) is 0 Å². The molecule has 0 bridgehead atoms. The number of hydrogen-bond acceptors (Lipinski definition) is 5. The van der Waals surface area contributed by atoms with Crippen molar-refractivity contribution in [3.05, 3.63) is 0 Å². The van der Waals surface area contributed by atoms with E-state index in [-0.39, 0.29) is 0 Å². The third-order valence-electron chi connectivity index (χ3n) is 8.12. The predicted octanol–water partition coefficient (Wildman–Crippen LogP) is 1.94. The van der Waals surface area contributed by atoms with Crippen LogP contribution in [0.15, 0.2) is 0 Å². The lowest BCUT2D eigenvalue weighted by atomic mass is 9.91. The first-order valence-electron chi connectivity index (χ1n) is 14.3. The van der Waals surface area contributed by atoms with Crippen LogP contribution in [0.25, 0.3) is 0 Å². The quantitative estimate of drug-likeness (QED) is 0.363. The van der Waals surface area contributed by atoms with Gasteiger partial charge in [0, 0.05) is 7.60 Å². The Hall–Kier alpha value is -0.790. The Kier molecular flexibility index (Phi) is 14.7. The highest BCUT2D eigenvalue weighted by Gasteiger charge is 2.24. The van der Waals surface area contributed by atoms with Gasteiger partial charge in [-0.2, -0.15) is 0 Å². The Bertz CT molecular complexity index is 580. The van der Waals surface area contributed by atoms with E-state index in [1.165, 1.54) is 128 Å². The van der Waals surface area contributed by atoms with E-state index in [1.807, 2.05) is 0 Å². The zero-order valence-corrected chi connectivity index (χ0v) is 22.4. The predicted molar refractivity (Wildman–Crippen MR) is 132 cm³/mol. The van der Waals surface area contributed by atoms with Crippen LogP contribution < -0.4 is 20.4 Å². The SMILES string of the molecule is C1CCC([NH2+]C2CCCCC2)CC1.C1CCC([NH2+]C2CCCCC2)CC1.O=C(O)C(=O)P(=O)([O-])[O-]. The summed E-state index contributed by atoms with van der Waals surface area (Å²) in [5.41, 5.74) is -2.30. The van der Waals surface area contributed by atoms with Crippen LogP contribution in [0.1, 0.15) is 128 Å². The molecular weight excluding hydrogens is 467 g/mol. The summed E-state index contributed by atoms with van der Waals surface area (Å²) in [6.07, 6.45) is 29.9. The molecule has 0 spiro atoms. The minimum absolute atomic E-state index is 0.997. The number of carbonyl (C=O) groups excluding carboxylic acids is 1. The Balaban J connectivity index is 0.000000190. The van der Waals surface area contributed by atoms with E-state index in [0.717, 1.165) is 24.2 Å². The largest absolute Gasteiger partial charge is 0.805 e. The fourth-order valence-electron chi connectivity index (χ4n) is 6.19. The number of carbonyl (C=O) groups is 2. The van der Waals surface area contributed by atoms with Gasteiger partial charge < -0.3 is 30.1 Å². The lowest BCUT2D eigenvalue weighted by Gasteiger charge is -2.27. The maximum atomic E-state index is 9.68. The number of aliphatic carboxylic acids is 1. The molecule has 0 saturated heterocycles. The van der Waals surface area contributed by atoms with E-state index in [2.05, 4.69) is 10.6 Å². The number of quaternary nitrogens is 2. The van der Waals surface area contributed by atoms with Crippen molar-refractivity contribution >= 4 is 19.1 Å². The molecule has 0 amide bonds. The molecule has 0 aromatic heterocycles. The first kappa shape index (κ1) is 30.4. The molecule has 0 heterocycles. The molecule has 204 valence electrons. The van der Waals surface area contributed by atoms with Crippen molar-refractivity contribution in [1.82, 2.24) is 0 Å². The van der Waals surface area contributed by atoms with Crippen molar-refractivity contribution in [2.45, 2.75) is 153 Å². The van der Waals surface area contributed by atoms with Crippen LogP contribution in [0.2, 0.25) is 0 Å². The molecule has 4 saturated carbocycles. The third-order valence-corrected chi connectivity index (χ3v) is 8.81. The average molecular weight is 517 g/mol. The molecule has 4 aliphatic rings. The summed E-state index contributed by atoms with van der Waals surface area (Å²) in [6, 6.07) is 3.99. The van der Waals surface area contributed by atoms with Gasteiger partial charge in [0.25, 0.3) is 5.52 Å². The van der Waals surface area contributed by atoms with Gasteiger partial charge in [0.2, 0.25) is 0 Å². The van der Waals surface area contributed by atoms with Gasteiger partial charge >= 0.3 is 5.97 Å². The maximum Gasteiger partial charge on any atom is 0.377 e. The molecule has 0 aromatic carbocycles. The fraction of sp³-hybridized carbons (Fsp3) is 0.923. The minimum Gasteiger partial charge on any atom is -0.805 e. The molecule has 0 aliphatic heterocycles. The number of rotatable bonds is 6. The van der Waals surface area contributed by atoms with E-state index in [1.54, 1.807) is 0 Å². The van der Waals surface area contributed by atoms with Crippen LogP contribution >= 0.6 is 7.60 Å². The number of carboxylic acids is 1. The van der Waals surface area contributed by atoms with Crippen LogP contribution in [0.3, 0.4) is 0 Å². The number of carboxylic acid groups (broad SMARTS) is 1. The molecule has 0 radical (unpaired) electrons. The molecule has 4 rings (SSSR count). The molecule has 9 heteroatoms. The van der Waals surface area contributed by atoms with Gasteiger partial charge in [-0.25, -0.2) is 4.79 Å². The first-order chi connectivity index (χ1) is 16.8. The van der Waals surface area contributed by atoms with Gasteiger partial charge in [-0.3, -0.25) is 4.79 Å². The Labute approximate surface area is 211 Å². The van der Waals surface area contributed by atoms with Crippen molar-refractivity contribution in [2.75, 3.05) is 0 Å². The summed E-state index contributed by atoms with van der Waals surface area (Å²) in [5.74, 6) is -2.25. The van der Waals surface area contributed by atoms with Crippen LogP contribution in [-0.2, 0) is 14.2 Å². The number of nitrogens with two attached hydrogens (primary N) is 2. The van der Waals surface area contributed by atoms with Gasteiger partial charge in [0.05, 0.1) is 24.2 Å². The van der Waals surface area contributed by atoms with E-state index < -0.39 is 19.1 Å². The molecule has 35 heavy (non-hydrogen) atoms. The summed E-state index contributed by atoms with van der Waals surface area (Å²) < 4.78 is 9.51. The standard InChI is InChI=1S/2C12H23N.C2H3O6P/c2*1-3-7-11(8-4-1)13-12-9-5-2-6-10-12;3-1(4)2(5)9(6,7)8/h2*11-13H,1-10H2;(H,3,4)(H2,6,7,8). The zero-order valence-electron chi connectivity index (χ0n) is 21.5. The highest BCUT2D eigenvalue weighted by atomic mass is 31.2. The molecule has 0 atom stereocenters. The number of hydrogen-bond donors (Lipinski definition) is 3. The van der Waals surface area contributed by atoms with Crippen molar-refractivity contribution in [3.63, 3.8) is 0 Å². The second kappa shape index (κ2) is 16.9. The summed E-state index contributed by atoms with van der Waals surface area (Å²) in [7, 11) is -5.55. The highest BCUT2D eigenvalue weighted by Crippen LogP contribution is 2.23. The summed E-state index contributed by atoms with van der Waals surface area (Å²) in [5, 5.41) is 13.0. The van der Waals surface area contributed by atoms with Crippen LogP contribution in [0.4, 0.5) is 0 Å². The van der Waals surface area contributed by atoms with Crippen LogP contribution in [0.5, 0.6) is 0 Å². The van der Waals surface area contributed by atoms with Gasteiger partial charge in [-0.1, -0.05) is 25.7 Å². The van der Waals surface area contributed by atoms with Gasteiger partial charge in [-0.05, 0) is 103 Å². The molecule has 8 nitrogen and oxygen atoms in total. The second-order valence-electron chi connectivity index (χ2n) is 11.1. The molecule has 0 unspecified atom stereocenters. The molecule has 4 fully saturated rings. The normalized spacial score (nSPS) is 23.4. The minimum atomic E-state index is -5.55. The van der Waals surface area contributed by atoms with Crippen molar-refractivity contribution in [3.8, 4) is 0 Å². The van der Waals surface area contributed by atoms with Gasteiger partial charge in [0.1, 0.15) is 0 Å². The molecule has 5 N–H and O–H groups in total. The Morgan fingerprint density at radius 2 is 0.771 bits per heavy atom. The van der Waals surface area contributed by atoms with Crippen LogP contribution in [-0.4, -0.2) is 40.8 Å². The smallest absolute Gasteiger partial charge is 0.377 e. The summed E-state index contributed by atoms with van der Waals surface area (Å²) >= 11 is 0. The second-order valence-corrected chi connectivity index (χ2v) is 12.5. The Morgan fingerprint density at radius 3 is 0.914 bits per heavy atom. The van der Waals surface area contributed by atoms with Crippen molar-refractivity contribution in [2.24, 2.45) is 0 Å². The summed E-state index contributed by atoms with van der Waals surface area (Å²) in [6.45, 7) is 0. The van der Waals surface area contributed by atoms with E-state index >= 15 is 0 Å². The monoisotopic (exact) mass is 516 g/mol. The first-order valence-corrected chi connectivity index (χ1v) is 15.8. The lowest BCUT2D eigenvalue weighted by molar-refractivity contribution is -0.726. The third kappa shape index (κ3) is 13.4. The van der Waals surface area contributed by atoms with Gasteiger partial charge in [0.15, 0.2) is 0 Å². The Morgan fingerprint density at radius 1 is 0.543 bits per heavy atom. The molecular formula is C26H49N2O6P. The van der Waals surface area contributed by atoms with Crippen LogP contribution in [0, 0.1) is 0 Å². The van der Waals surface area contributed by atoms with Gasteiger partial charge in [-0.15, -0.1) is 0 Å². The highest BCUT2D eigenvalue weighted by molar-refractivity contribution is 7.70. The van der Waals surface area contributed by atoms with E-state index in [4.69, 9.17) is 5.11 Å². The maximum absolute atomic E-state index is 9.68. The van der Waals surface area contributed by atoms with Crippen molar-refractivity contribution < 1.29 is 39.7 Å². The average Bonchev–Trinajstić information content (AvgIpc) is 2.86. The zero-order chi connectivity index (χ0) is 25.5. The summed E-state index contributed by atoms with van der Waals surface area (Å²) in [4.78, 5) is 38.1. The van der Waals surface area contributed by atoms with E-state index in [9.17, 15) is 23.9 Å². The fourth-order valence-corrected chi connectivity index (χ4v) is 6.43. The molecule has 4 aliphatic carbocycles. The molecule has 0 aromatic rings. The lowest BCUT2D eigenvalue weighted by Crippen LogP contribution is -2.95. The van der Waals surface area contributed by atoms with Crippen molar-refractivity contribution in [1.29, 1.82) is 0 Å². The topological polar surface area (TPSA) is 151 Å².